The summed E-state index contributed by atoms with van der Waals surface area (Å²) in [7, 11) is 0. The predicted molar refractivity (Wildman–Crippen MR) is 126 cm³/mol. The van der Waals surface area contributed by atoms with Gasteiger partial charge in [-0.05, 0) is 0 Å². The molecule has 0 unspecified atom stereocenters. The van der Waals surface area contributed by atoms with Crippen LogP contribution in [0, 0.1) is 0 Å². The van der Waals surface area contributed by atoms with E-state index in [1.54, 1.807) is 0 Å². The van der Waals surface area contributed by atoms with Crippen LogP contribution in [-0.2, 0) is 23.7 Å². The minimum Gasteiger partial charge on any atom is 1.00 e. The molecule has 0 spiro atoms. The van der Waals surface area contributed by atoms with Gasteiger partial charge in [0.25, 0.3) is 0 Å². The van der Waals surface area contributed by atoms with Gasteiger partial charge in [-0.3, -0.25) is 0 Å². The Kier molecular flexibility index (Phi) is 11.3. The Labute approximate surface area is 232 Å². The minimum absolute atomic E-state index is 0. The van der Waals surface area contributed by atoms with Crippen LogP contribution in [0.15, 0.2) is 48.5 Å². The Bertz CT molecular complexity index is 660. The standard InChI is InChI=1S/C24H35PSe2.K/c1-23(2,3)21-11-7-19(8-12-21)15-17-25(26,27)18-16-20-9-13-22(14-10-20)24(4,5)6;/h7-14H,15-18H2,1-6H3,(H,26,27);/q;+1/p-1. The van der Waals surface area contributed by atoms with E-state index in [4.69, 9.17) is 0 Å². The first-order valence-corrected chi connectivity index (χ1v) is 16.4. The topological polar surface area (TPSA) is 0 Å². The molecule has 0 aliphatic heterocycles. The predicted octanol–water partition coefficient (Wildman–Crippen LogP) is 3.26. The maximum atomic E-state index is 3.52. The Morgan fingerprint density at radius 2 is 0.893 bits per heavy atom. The molecule has 0 N–H and O–H groups in total. The van der Waals surface area contributed by atoms with Gasteiger partial charge >= 0.3 is 235 Å². The quantitative estimate of drug-likeness (QED) is 0.383. The molecular formula is C24H34KPSe2. The van der Waals surface area contributed by atoms with Gasteiger partial charge in [0.15, 0.2) is 0 Å². The summed E-state index contributed by atoms with van der Waals surface area (Å²) in [5.41, 5.74) is 6.19. The molecule has 0 aliphatic rings. The Balaban J connectivity index is 0.00000392. The molecule has 0 saturated carbocycles. The van der Waals surface area contributed by atoms with E-state index in [0.29, 0.717) is 0 Å². The van der Waals surface area contributed by atoms with Crippen LogP contribution < -0.4 is 51.4 Å². The first-order chi connectivity index (χ1) is 12.4. The number of hydrogen-bond acceptors (Lipinski definition) is 0. The van der Waals surface area contributed by atoms with Gasteiger partial charge in [0.2, 0.25) is 0 Å². The zero-order valence-electron chi connectivity index (χ0n) is 18.7. The number of benzene rings is 2. The van der Waals surface area contributed by atoms with Gasteiger partial charge in [-0.1, -0.05) is 0 Å². The Morgan fingerprint density at radius 3 is 1.14 bits per heavy atom. The molecule has 0 amide bonds. The van der Waals surface area contributed by atoms with E-state index in [1.165, 1.54) is 34.6 Å². The van der Waals surface area contributed by atoms with E-state index < -0.39 is 4.64 Å². The first-order valence-electron chi connectivity index (χ1n) is 9.85. The van der Waals surface area contributed by atoms with E-state index in [2.05, 4.69) is 121 Å². The van der Waals surface area contributed by atoms with Crippen molar-refractivity contribution in [2.45, 2.75) is 65.2 Å². The molecule has 0 aromatic heterocycles. The van der Waals surface area contributed by atoms with Crippen molar-refractivity contribution in [1.82, 2.24) is 0 Å². The Morgan fingerprint density at radius 1 is 0.607 bits per heavy atom. The summed E-state index contributed by atoms with van der Waals surface area (Å²) in [5, 5.41) is 0. The van der Waals surface area contributed by atoms with Crippen molar-refractivity contribution in [3.05, 3.63) is 70.8 Å². The second-order valence-corrected chi connectivity index (χ2v) is 24.5. The zero-order chi connectivity index (χ0) is 20.3. The third-order valence-electron chi connectivity index (χ3n) is 5.12. The molecular weight excluding hydrogens is 516 g/mol. The monoisotopic (exact) mass is 552 g/mol. The largest absolute Gasteiger partial charge is 1.00 e. The normalized spacial score (nSPS) is 12.6. The van der Waals surface area contributed by atoms with Crippen LogP contribution in [0.25, 0.3) is 0 Å². The average molecular weight is 551 g/mol. The van der Waals surface area contributed by atoms with Crippen molar-refractivity contribution >= 4 is 35.8 Å². The number of rotatable bonds is 6. The molecule has 148 valence electrons. The summed E-state index contributed by atoms with van der Waals surface area (Å²) in [6.45, 7) is 13.6. The maximum absolute atomic E-state index is 3.52. The van der Waals surface area contributed by atoms with E-state index >= 15 is 0 Å². The van der Waals surface area contributed by atoms with Crippen LogP contribution in [-0.4, -0.2) is 43.5 Å². The fourth-order valence-corrected chi connectivity index (χ4v) is 6.77. The van der Waals surface area contributed by atoms with Gasteiger partial charge in [-0.2, -0.15) is 0 Å². The van der Waals surface area contributed by atoms with Crippen LogP contribution in [0.2, 0.25) is 0 Å². The summed E-state index contributed by atoms with van der Waals surface area (Å²) in [6.07, 6.45) is 4.78. The summed E-state index contributed by atoms with van der Waals surface area (Å²) in [4.78, 5) is 0. The summed E-state index contributed by atoms with van der Waals surface area (Å²) in [5.74, 6) is 0. The molecule has 2 rings (SSSR count). The molecule has 2 aromatic carbocycles. The minimum atomic E-state index is -1.11. The molecule has 0 bridgehead atoms. The molecule has 4 heteroatoms. The molecule has 0 aliphatic carbocycles. The van der Waals surface area contributed by atoms with Crippen molar-refractivity contribution in [3.63, 3.8) is 0 Å². The second kappa shape index (κ2) is 11.4. The van der Waals surface area contributed by atoms with Gasteiger partial charge < -0.3 is 0 Å². The maximum Gasteiger partial charge on any atom is 1.00 e. The van der Waals surface area contributed by atoms with Crippen LogP contribution in [0.5, 0.6) is 0 Å². The smallest absolute Gasteiger partial charge is 1.00 e. The van der Waals surface area contributed by atoms with Crippen LogP contribution >= 0.6 is 4.64 Å². The first kappa shape index (κ1) is 27.6. The van der Waals surface area contributed by atoms with Gasteiger partial charge in [0.05, 0.1) is 0 Å². The zero-order valence-corrected chi connectivity index (χ0v) is 26.2. The number of aryl methyl sites for hydroxylation is 2. The third kappa shape index (κ3) is 9.36. The summed E-state index contributed by atoms with van der Waals surface area (Å²) < 4.78 is -1.11. The molecule has 0 fully saturated rings. The molecule has 28 heavy (non-hydrogen) atoms. The molecule has 0 atom stereocenters. The molecule has 2 aromatic rings. The van der Waals surface area contributed by atoms with Crippen molar-refractivity contribution < 1.29 is 51.4 Å². The fourth-order valence-electron chi connectivity index (χ4n) is 3.05. The summed E-state index contributed by atoms with van der Waals surface area (Å²) in [6, 6.07) is 18.4. The Hall–Kier alpha value is 1.55. The van der Waals surface area contributed by atoms with E-state index in [9.17, 15) is 0 Å². The van der Waals surface area contributed by atoms with Crippen LogP contribution in [0.3, 0.4) is 0 Å². The second-order valence-electron chi connectivity index (χ2n) is 9.66. The van der Waals surface area contributed by atoms with Crippen molar-refractivity contribution in [2.75, 3.05) is 12.3 Å². The van der Waals surface area contributed by atoms with E-state index in [0.717, 1.165) is 12.8 Å². The van der Waals surface area contributed by atoms with Crippen molar-refractivity contribution in [1.29, 1.82) is 0 Å². The third-order valence-corrected chi connectivity index (χ3v) is 11.5. The van der Waals surface area contributed by atoms with Crippen LogP contribution in [0.4, 0.5) is 0 Å². The molecule has 0 nitrogen and oxygen atoms in total. The summed E-state index contributed by atoms with van der Waals surface area (Å²) >= 11 is 7.04. The van der Waals surface area contributed by atoms with E-state index in [-0.39, 0.29) is 62.2 Å². The van der Waals surface area contributed by atoms with Crippen molar-refractivity contribution in [2.24, 2.45) is 0 Å². The number of hydrogen-bond donors (Lipinski definition) is 0. The van der Waals surface area contributed by atoms with E-state index in [1.807, 2.05) is 0 Å². The molecule has 0 saturated heterocycles. The SMILES string of the molecule is CC(C)(C)c1ccc(CC[P+]([Se-])([Se-])CCc2ccc(C(C)(C)C)cc2)cc1.[K+]. The fraction of sp³-hybridized carbons (Fsp3) is 0.500. The average Bonchev–Trinajstić information content (AvgIpc) is 2.58. The van der Waals surface area contributed by atoms with Crippen LogP contribution in [0.1, 0.15) is 63.8 Å². The van der Waals surface area contributed by atoms with Gasteiger partial charge in [0.1, 0.15) is 0 Å². The van der Waals surface area contributed by atoms with Gasteiger partial charge in [0, 0.05) is 0 Å². The molecule has 0 heterocycles. The van der Waals surface area contributed by atoms with Gasteiger partial charge in [-0.15, -0.1) is 0 Å². The van der Waals surface area contributed by atoms with Crippen molar-refractivity contribution in [3.8, 4) is 0 Å². The molecule has 0 radical (unpaired) electrons. The van der Waals surface area contributed by atoms with Gasteiger partial charge in [-0.25, -0.2) is 0 Å².